The van der Waals surface area contributed by atoms with Crippen LogP contribution in [0.4, 0.5) is 0 Å². The summed E-state index contributed by atoms with van der Waals surface area (Å²) in [7, 11) is 0. The van der Waals surface area contributed by atoms with Crippen LogP contribution in [-0.4, -0.2) is 9.13 Å². The highest BCUT2D eigenvalue weighted by Crippen LogP contribution is 2.56. The second-order valence-electron chi connectivity index (χ2n) is 13.7. The van der Waals surface area contributed by atoms with E-state index in [1.54, 1.807) is 0 Å². The summed E-state index contributed by atoms with van der Waals surface area (Å²) >= 11 is 3.82. The maximum absolute atomic E-state index is 6.20. The summed E-state index contributed by atoms with van der Waals surface area (Å²) < 4.78 is 11.0. The maximum Gasteiger partial charge on any atom is 0.135 e. The first-order valence-electron chi connectivity index (χ1n) is 17.8. The number of nitrogens with zero attached hydrogens (tertiary/aromatic N) is 2. The van der Waals surface area contributed by atoms with Gasteiger partial charge >= 0.3 is 0 Å². The van der Waals surface area contributed by atoms with Gasteiger partial charge < -0.3 is 13.6 Å². The molecule has 0 unspecified atom stereocenters. The topological polar surface area (TPSA) is 23.0 Å². The molecule has 0 aliphatic carbocycles. The predicted molar refractivity (Wildman–Crippen MR) is 223 cm³/mol. The van der Waals surface area contributed by atoms with Crippen LogP contribution in [0.3, 0.4) is 0 Å². The van der Waals surface area contributed by atoms with Crippen molar-refractivity contribution >= 4 is 89.1 Å². The van der Waals surface area contributed by atoms with E-state index in [1.807, 2.05) is 35.7 Å². The number of para-hydroxylation sites is 3. The molecule has 0 spiro atoms. The van der Waals surface area contributed by atoms with Crippen LogP contribution in [-0.2, 0) is 0 Å². The largest absolute Gasteiger partial charge is 0.456 e. The fourth-order valence-corrected chi connectivity index (χ4v) is 11.0. The van der Waals surface area contributed by atoms with Gasteiger partial charge in [-0.25, -0.2) is 0 Å². The molecule has 3 nitrogen and oxygen atoms in total. The lowest BCUT2D eigenvalue weighted by molar-refractivity contribution is 0.669. The van der Waals surface area contributed by atoms with Crippen molar-refractivity contribution in [1.29, 1.82) is 0 Å². The monoisotopic (exact) mass is 712 g/mol. The summed E-state index contributed by atoms with van der Waals surface area (Å²) in [4.78, 5) is 5.25. The van der Waals surface area contributed by atoms with Crippen LogP contribution in [0, 0.1) is 0 Å². The van der Waals surface area contributed by atoms with Crippen molar-refractivity contribution < 1.29 is 4.42 Å². The molecular weight excluding hydrogens is 685 g/mol. The zero-order chi connectivity index (χ0) is 34.6. The lowest BCUT2D eigenvalue weighted by Gasteiger charge is -2.21. The number of furan rings is 1. The minimum Gasteiger partial charge on any atom is -0.456 e. The van der Waals surface area contributed by atoms with Crippen molar-refractivity contribution in [3.8, 4) is 22.5 Å². The van der Waals surface area contributed by atoms with Gasteiger partial charge in [0.1, 0.15) is 11.2 Å². The number of hydrogen-bond acceptors (Lipinski definition) is 3. The quantitative estimate of drug-likeness (QED) is 0.182. The summed E-state index contributed by atoms with van der Waals surface area (Å²) in [6.07, 6.45) is 0. The Morgan fingerprint density at radius 1 is 0.358 bits per heavy atom. The molecule has 0 fully saturated rings. The van der Waals surface area contributed by atoms with E-state index >= 15 is 0 Å². The summed E-state index contributed by atoms with van der Waals surface area (Å²) in [5, 5.41) is 7.45. The molecule has 0 saturated heterocycles. The molecule has 8 aromatic carbocycles. The molecule has 0 saturated carbocycles. The van der Waals surface area contributed by atoms with Gasteiger partial charge in [0.2, 0.25) is 0 Å². The van der Waals surface area contributed by atoms with Gasteiger partial charge in [-0.15, -0.1) is 0 Å². The van der Waals surface area contributed by atoms with Gasteiger partial charge in [-0.1, -0.05) is 121 Å². The highest BCUT2D eigenvalue weighted by Gasteiger charge is 2.27. The summed E-state index contributed by atoms with van der Waals surface area (Å²) in [6.45, 7) is 0. The predicted octanol–water partition coefficient (Wildman–Crippen LogP) is 14.1. The molecule has 0 bridgehead atoms. The fraction of sp³-hybridized carbons (Fsp3) is 0. The Hall–Kier alpha value is -6.14. The van der Waals surface area contributed by atoms with Gasteiger partial charge in [0.05, 0.1) is 22.1 Å². The van der Waals surface area contributed by atoms with E-state index in [1.165, 1.54) is 80.0 Å². The highest BCUT2D eigenvalue weighted by atomic mass is 32.2. The normalized spacial score (nSPS) is 12.8. The van der Waals surface area contributed by atoms with Gasteiger partial charge in [0, 0.05) is 63.3 Å². The van der Waals surface area contributed by atoms with Crippen LogP contribution >= 0.6 is 23.5 Å². The molecule has 248 valence electrons. The molecule has 53 heavy (non-hydrogen) atoms. The zero-order valence-corrected chi connectivity index (χ0v) is 29.9. The molecule has 5 heteroatoms. The Balaban J connectivity index is 1.03. The van der Waals surface area contributed by atoms with Crippen molar-refractivity contribution in [3.05, 3.63) is 170 Å². The molecular formula is C48H28N2OS2. The van der Waals surface area contributed by atoms with Gasteiger partial charge in [-0.2, -0.15) is 0 Å². The van der Waals surface area contributed by atoms with E-state index in [9.17, 15) is 0 Å². The molecule has 1 aliphatic rings. The lowest BCUT2D eigenvalue weighted by Crippen LogP contribution is -1.96. The lowest BCUT2D eigenvalue weighted by atomic mass is 10.1. The third kappa shape index (κ3) is 4.26. The minimum atomic E-state index is 0.911. The van der Waals surface area contributed by atoms with Crippen molar-refractivity contribution in [1.82, 2.24) is 9.13 Å². The maximum atomic E-state index is 6.20. The third-order valence-electron chi connectivity index (χ3n) is 10.8. The fourth-order valence-electron chi connectivity index (χ4n) is 8.45. The number of rotatable bonds is 3. The summed E-state index contributed by atoms with van der Waals surface area (Å²) in [5.41, 5.74) is 11.5. The van der Waals surface area contributed by atoms with E-state index in [2.05, 4.69) is 167 Å². The highest BCUT2D eigenvalue weighted by molar-refractivity contribution is 8.05. The standard InChI is InChI=1S/C48H28N2OS2/c1-2-10-29(11-3-1)30-18-20-31(21-19-30)49-37-15-7-4-13-34(37)45-39(49)23-26-43-47(45)52-44-27-24-40-46(48(44)53-43)35-14-5-8-16-38(35)50(40)32-22-25-42-36(28-32)33-12-6-9-17-41(33)51-42/h1-28H. The Morgan fingerprint density at radius 3 is 1.53 bits per heavy atom. The molecule has 0 atom stereocenters. The Kier molecular flexibility index (Phi) is 6.21. The molecule has 1 aliphatic heterocycles. The van der Waals surface area contributed by atoms with Crippen molar-refractivity contribution in [2.24, 2.45) is 0 Å². The van der Waals surface area contributed by atoms with Crippen LogP contribution in [0.15, 0.2) is 194 Å². The van der Waals surface area contributed by atoms with Crippen LogP contribution in [0.25, 0.3) is 88.1 Å². The van der Waals surface area contributed by atoms with E-state index in [0.29, 0.717) is 0 Å². The first-order chi connectivity index (χ1) is 26.3. The average molecular weight is 713 g/mol. The molecule has 3 aromatic heterocycles. The van der Waals surface area contributed by atoms with Crippen LogP contribution < -0.4 is 0 Å². The van der Waals surface area contributed by atoms with Crippen LogP contribution in [0.2, 0.25) is 0 Å². The summed E-state index contributed by atoms with van der Waals surface area (Å²) in [5.74, 6) is 0. The Labute approximate surface area is 313 Å². The van der Waals surface area contributed by atoms with E-state index < -0.39 is 0 Å². The van der Waals surface area contributed by atoms with Crippen LogP contribution in [0.5, 0.6) is 0 Å². The number of benzene rings is 8. The second kappa shape index (κ2) is 11.2. The molecule has 4 heterocycles. The molecule has 12 rings (SSSR count). The average Bonchev–Trinajstić information content (AvgIpc) is 3.88. The van der Waals surface area contributed by atoms with Gasteiger partial charge in [0.15, 0.2) is 0 Å². The second-order valence-corrected chi connectivity index (χ2v) is 15.8. The number of aromatic nitrogens is 2. The zero-order valence-electron chi connectivity index (χ0n) is 28.3. The van der Waals surface area contributed by atoms with Crippen molar-refractivity contribution in [3.63, 3.8) is 0 Å². The van der Waals surface area contributed by atoms with Crippen molar-refractivity contribution in [2.75, 3.05) is 0 Å². The van der Waals surface area contributed by atoms with Gasteiger partial charge in [-0.05, 0) is 83.9 Å². The first kappa shape index (κ1) is 29.4. The molecule has 0 radical (unpaired) electrons. The van der Waals surface area contributed by atoms with Gasteiger partial charge in [-0.3, -0.25) is 0 Å². The van der Waals surface area contributed by atoms with E-state index in [0.717, 1.165) is 27.6 Å². The molecule has 0 N–H and O–H groups in total. The third-order valence-corrected chi connectivity index (χ3v) is 13.4. The Morgan fingerprint density at radius 2 is 0.868 bits per heavy atom. The Bertz CT molecular complexity index is 3280. The van der Waals surface area contributed by atoms with Crippen LogP contribution in [0.1, 0.15) is 0 Å². The number of fused-ring (bicyclic) bond motifs is 13. The smallest absolute Gasteiger partial charge is 0.135 e. The molecule has 11 aromatic rings. The van der Waals surface area contributed by atoms with Crippen molar-refractivity contribution in [2.45, 2.75) is 19.6 Å². The first-order valence-corrected chi connectivity index (χ1v) is 19.5. The number of hydrogen-bond donors (Lipinski definition) is 0. The SMILES string of the molecule is c1ccc(-c2ccc(-n3c4ccccc4c4c5c(ccc43)Sc3c(ccc4c3c3ccccc3n4-c3ccc4oc6ccccc6c4c3)S5)cc2)cc1. The molecule has 0 amide bonds. The minimum absolute atomic E-state index is 0.911. The van der Waals surface area contributed by atoms with Gasteiger partial charge in [0.25, 0.3) is 0 Å². The van der Waals surface area contributed by atoms with E-state index in [4.69, 9.17) is 4.42 Å². The summed E-state index contributed by atoms with van der Waals surface area (Å²) in [6, 6.07) is 61.5. The van der Waals surface area contributed by atoms with E-state index in [-0.39, 0.29) is 0 Å².